The van der Waals surface area contributed by atoms with Crippen LogP contribution in [0.25, 0.3) is 0 Å². The lowest BCUT2D eigenvalue weighted by atomic mass is 9.87. The minimum absolute atomic E-state index is 0.107. The first-order valence-corrected chi connectivity index (χ1v) is 7.81. The molecule has 94 valence electrons. The van der Waals surface area contributed by atoms with Gasteiger partial charge in [-0.2, -0.15) is 0 Å². The molecule has 4 nitrogen and oxygen atoms in total. The van der Waals surface area contributed by atoms with E-state index in [9.17, 15) is 8.42 Å². The van der Waals surface area contributed by atoms with Crippen LogP contribution < -0.4 is 0 Å². The molecule has 1 N–H and O–H groups in total. The summed E-state index contributed by atoms with van der Waals surface area (Å²) in [6, 6.07) is 0. The van der Waals surface area contributed by atoms with Gasteiger partial charge < -0.3 is 5.11 Å². The van der Waals surface area contributed by atoms with Crippen LogP contribution in [0.5, 0.6) is 0 Å². The molecule has 0 bridgehead atoms. The number of rotatable bonds is 4. The molecule has 16 heavy (non-hydrogen) atoms. The molecule has 1 atom stereocenters. The molecular weight excluding hydrogens is 226 g/mol. The lowest BCUT2D eigenvalue weighted by Gasteiger charge is -2.33. The predicted molar refractivity (Wildman–Crippen MR) is 62.5 cm³/mol. The van der Waals surface area contributed by atoms with Crippen LogP contribution in [0.2, 0.25) is 0 Å². The number of piperidine rings is 1. The van der Waals surface area contributed by atoms with E-state index in [1.807, 2.05) is 0 Å². The number of aliphatic hydroxyl groups is 1. The molecule has 0 radical (unpaired) electrons. The molecule has 0 spiro atoms. The van der Waals surface area contributed by atoms with Crippen molar-refractivity contribution in [1.29, 1.82) is 0 Å². The molecule has 5 heteroatoms. The first kappa shape index (κ1) is 12.3. The summed E-state index contributed by atoms with van der Waals surface area (Å²) in [4.78, 5) is 0. The van der Waals surface area contributed by atoms with E-state index in [0.29, 0.717) is 24.8 Å². The van der Waals surface area contributed by atoms with Crippen molar-refractivity contribution in [2.45, 2.75) is 32.1 Å². The average molecular weight is 247 g/mol. The van der Waals surface area contributed by atoms with E-state index in [1.54, 1.807) is 4.31 Å². The third kappa shape index (κ3) is 2.76. The summed E-state index contributed by atoms with van der Waals surface area (Å²) in [7, 11) is -3.06. The molecule has 0 aromatic rings. The monoisotopic (exact) mass is 247 g/mol. The van der Waals surface area contributed by atoms with E-state index >= 15 is 0 Å². The Morgan fingerprint density at radius 1 is 1.12 bits per heavy atom. The van der Waals surface area contributed by atoms with Crippen LogP contribution >= 0.6 is 0 Å². The molecule has 0 amide bonds. The fraction of sp³-hybridized carbons (Fsp3) is 1.00. The van der Waals surface area contributed by atoms with Crippen molar-refractivity contribution in [3.63, 3.8) is 0 Å². The third-order valence-corrected chi connectivity index (χ3v) is 5.82. The van der Waals surface area contributed by atoms with Gasteiger partial charge in [-0.25, -0.2) is 12.7 Å². The Balaban J connectivity index is 1.93. The standard InChI is InChI=1S/C11H21NO3S/c13-8-11-5-2-6-12(7-11)16(14,15)9-10-3-1-4-10/h10-11,13H,1-9H2. The van der Waals surface area contributed by atoms with E-state index in [0.717, 1.165) is 25.7 Å². The molecule has 1 heterocycles. The van der Waals surface area contributed by atoms with Gasteiger partial charge in [-0.1, -0.05) is 6.42 Å². The minimum Gasteiger partial charge on any atom is -0.396 e. The molecule has 1 unspecified atom stereocenters. The van der Waals surface area contributed by atoms with Crippen LogP contribution in [0.15, 0.2) is 0 Å². The van der Waals surface area contributed by atoms with Gasteiger partial charge in [0.25, 0.3) is 0 Å². The Morgan fingerprint density at radius 3 is 2.38 bits per heavy atom. The Labute approximate surface area is 97.7 Å². The lowest BCUT2D eigenvalue weighted by molar-refractivity contribution is 0.164. The SMILES string of the molecule is O=S(=O)(CC1CCC1)N1CCCC(CO)C1. The van der Waals surface area contributed by atoms with Crippen molar-refractivity contribution in [1.82, 2.24) is 4.31 Å². The fourth-order valence-corrected chi connectivity index (χ4v) is 4.48. The maximum Gasteiger partial charge on any atom is 0.214 e. The first-order chi connectivity index (χ1) is 7.62. The average Bonchev–Trinajstić information content (AvgIpc) is 2.24. The molecule has 2 rings (SSSR count). The van der Waals surface area contributed by atoms with Crippen LogP contribution in [0, 0.1) is 11.8 Å². The summed E-state index contributed by atoms with van der Waals surface area (Å²) in [6.07, 6.45) is 5.15. The second kappa shape index (κ2) is 5.02. The summed E-state index contributed by atoms with van der Waals surface area (Å²) >= 11 is 0. The maximum atomic E-state index is 12.1. The largest absolute Gasteiger partial charge is 0.396 e. The summed E-state index contributed by atoms with van der Waals surface area (Å²) in [5.41, 5.74) is 0. The van der Waals surface area contributed by atoms with Gasteiger partial charge in [0.05, 0.1) is 5.75 Å². The summed E-state index contributed by atoms with van der Waals surface area (Å²) < 4.78 is 25.8. The lowest BCUT2D eigenvalue weighted by Crippen LogP contribution is -2.43. The van der Waals surface area contributed by atoms with Gasteiger partial charge >= 0.3 is 0 Å². The van der Waals surface area contributed by atoms with Gasteiger partial charge in [-0.3, -0.25) is 0 Å². The Hall–Kier alpha value is -0.130. The molecule has 1 aliphatic heterocycles. The topological polar surface area (TPSA) is 57.6 Å². The minimum atomic E-state index is -3.06. The fourth-order valence-electron chi connectivity index (χ4n) is 2.49. The highest BCUT2D eigenvalue weighted by Gasteiger charge is 2.32. The highest BCUT2D eigenvalue weighted by Crippen LogP contribution is 2.29. The molecule has 2 fully saturated rings. The zero-order valence-electron chi connectivity index (χ0n) is 9.64. The van der Waals surface area contributed by atoms with Gasteiger partial charge in [0.1, 0.15) is 0 Å². The Morgan fingerprint density at radius 2 is 1.81 bits per heavy atom. The van der Waals surface area contributed by atoms with Crippen molar-refractivity contribution in [2.75, 3.05) is 25.4 Å². The van der Waals surface area contributed by atoms with Gasteiger partial charge in [0, 0.05) is 19.7 Å². The van der Waals surface area contributed by atoms with Gasteiger partial charge in [0.2, 0.25) is 10.0 Å². The molecule has 0 aromatic carbocycles. The maximum absolute atomic E-state index is 12.1. The molecule has 0 aromatic heterocycles. The zero-order chi connectivity index (χ0) is 11.6. The smallest absolute Gasteiger partial charge is 0.214 e. The quantitative estimate of drug-likeness (QED) is 0.800. The van der Waals surface area contributed by atoms with E-state index < -0.39 is 10.0 Å². The van der Waals surface area contributed by atoms with Gasteiger partial charge in [-0.05, 0) is 37.5 Å². The third-order valence-electron chi connectivity index (χ3n) is 3.80. The van der Waals surface area contributed by atoms with Crippen molar-refractivity contribution < 1.29 is 13.5 Å². The number of sulfonamides is 1. The second-order valence-electron chi connectivity index (χ2n) is 5.12. The number of aliphatic hydroxyl groups excluding tert-OH is 1. The van der Waals surface area contributed by atoms with Crippen molar-refractivity contribution in [2.24, 2.45) is 11.8 Å². The van der Waals surface area contributed by atoms with Crippen LogP contribution in [-0.2, 0) is 10.0 Å². The van der Waals surface area contributed by atoms with Crippen molar-refractivity contribution >= 4 is 10.0 Å². The van der Waals surface area contributed by atoms with Gasteiger partial charge in [-0.15, -0.1) is 0 Å². The molecule has 1 aliphatic carbocycles. The number of nitrogens with zero attached hydrogens (tertiary/aromatic N) is 1. The van der Waals surface area contributed by atoms with E-state index in [-0.39, 0.29) is 12.5 Å². The van der Waals surface area contributed by atoms with Crippen molar-refractivity contribution in [3.05, 3.63) is 0 Å². The number of hydrogen-bond acceptors (Lipinski definition) is 3. The molecular formula is C11H21NO3S. The highest BCUT2D eigenvalue weighted by molar-refractivity contribution is 7.89. The normalized spacial score (nSPS) is 28.9. The highest BCUT2D eigenvalue weighted by atomic mass is 32.2. The molecule has 2 aliphatic rings. The molecule has 1 saturated heterocycles. The summed E-state index contributed by atoms with van der Waals surface area (Å²) in [6.45, 7) is 1.27. The Bertz CT molecular complexity index is 324. The Kier molecular flexibility index (Phi) is 3.87. The van der Waals surface area contributed by atoms with Crippen LogP contribution in [0.1, 0.15) is 32.1 Å². The van der Waals surface area contributed by atoms with Crippen LogP contribution in [0.4, 0.5) is 0 Å². The summed E-state index contributed by atoms with van der Waals surface area (Å²) in [5.74, 6) is 0.856. The van der Waals surface area contributed by atoms with Crippen LogP contribution in [-0.4, -0.2) is 43.3 Å². The van der Waals surface area contributed by atoms with Crippen molar-refractivity contribution in [3.8, 4) is 0 Å². The van der Waals surface area contributed by atoms with E-state index in [1.165, 1.54) is 6.42 Å². The van der Waals surface area contributed by atoms with Gasteiger partial charge in [0.15, 0.2) is 0 Å². The van der Waals surface area contributed by atoms with E-state index in [2.05, 4.69) is 0 Å². The first-order valence-electron chi connectivity index (χ1n) is 6.20. The molecule has 1 saturated carbocycles. The zero-order valence-corrected chi connectivity index (χ0v) is 10.5. The number of hydrogen-bond donors (Lipinski definition) is 1. The second-order valence-corrected chi connectivity index (χ2v) is 7.14. The van der Waals surface area contributed by atoms with E-state index in [4.69, 9.17) is 5.11 Å². The predicted octanol–water partition coefficient (Wildman–Crippen LogP) is 0.821. The van der Waals surface area contributed by atoms with Crippen LogP contribution in [0.3, 0.4) is 0 Å². The summed E-state index contributed by atoms with van der Waals surface area (Å²) in [5, 5.41) is 9.09.